The summed E-state index contributed by atoms with van der Waals surface area (Å²) >= 11 is 9.54. The van der Waals surface area contributed by atoms with Gasteiger partial charge in [0.05, 0.1) is 17.3 Å². The highest BCUT2D eigenvalue weighted by atomic mass is 79.9. The summed E-state index contributed by atoms with van der Waals surface area (Å²) in [7, 11) is 0. The van der Waals surface area contributed by atoms with E-state index in [0.717, 1.165) is 15.6 Å². The number of ether oxygens (including phenoxy) is 1. The molecule has 0 aliphatic rings. The van der Waals surface area contributed by atoms with E-state index in [1.165, 1.54) is 0 Å². The molecule has 0 heterocycles. The first-order valence-electron chi connectivity index (χ1n) is 7.43. The van der Waals surface area contributed by atoms with Gasteiger partial charge in [-0.15, -0.1) is 0 Å². The van der Waals surface area contributed by atoms with Crippen molar-refractivity contribution in [3.8, 4) is 0 Å². The van der Waals surface area contributed by atoms with Crippen molar-refractivity contribution in [2.24, 2.45) is 0 Å². The lowest BCUT2D eigenvalue weighted by atomic mass is 10.2. The molecule has 0 spiro atoms. The number of anilines is 1. The number of aryl methyl sites for hydroxylation is 1. The molecule has 0 unspecified atom stereocenters. The molecule has 0 atom stereocenters. The van der Waals surface area contributed by atoms with Crippen molar-refractivity contribution in [3.05, 3.63) is 63.1 Å². The minimum absolute atomic E-state index is 0.0550. The zero-order chi connectivity index (χ0) is 16.7. The number of nitrogens with one attached hydrogen (secondary N) is 1. The second-order valence-corrected chi connectivity index (χ2v) is 6.59. The first-order chi connectivity index (χ1) is 11.1. The highest BCUT2D eigenvalue weighted by molar-refractivity contribution is 9.10. The van der Waals surface area contributed by atoms with Gasteiger partial charge in [-0.25, -0.2) is 0 Å². The number of amides is 1. The third-order valence-electron chi connectivity index (χ3n) is 3.32. The Hall–Kier alpha value is -1.36. The Morgan fingerprint density at radius 1 is 1.26 bits per heavy atom. The van der Waals surface area contributed by atoms with Crippen molar-refractivity contribution >= 4 is 39.1 Å². The summed E-state index contributed by atoms with van der Waals surface area (Å²) in [5, 5.41) is 3.40. The monoisotopic (exact) mass is 395 g/mol. The third kappa shape index (κ3) is 5.98. The first-order valence-corrected chi connectivity index (χ1v) is 8.60. The number of halogens is 2. The van der Waals surface area contributed by atoms with Crippen LogP contribution in [0.15, 0.2) is 46.9 Å². The molecule has 1 N–H and O–H groups in total. The van der Waals surface area contributed by atoms with Crippen LogP contribution in [0, 0.1) is 6.92 Å². The molecular formula is C18H19BrClNO2. The maximum absolute atomic E-state index is 12.0. The summed E-state index contributed by atoms with van der Waals surface area (Å²) in [4.78, 5) is 12.0. The van der Waals surface area contributed by atoms with Gasteiger partial charge in [0.15, 0.2) is 0 Å². The van der Waals surface area contributed by atoms with Crippen molar-refractivity contribution < 1.29 is 9.53 Å². The average Bonchev–Trinajstić information content (AvgIpc) is 2.51. The minimum atomic E-state index is -0.0550. The predicted molar refractivity (Wildman–Crippen MR) is 97.9 cm³/mol. The molecule has 0 radical (unpaired) electrons. The van der Waals surface area contributed by atoms with Gasteiger partial charge in [-0.3, -0.25) is 4.79 Å². The lowest BCUT2D eigenvalue weighted by Crippen LogP contribution is -2.13. The second-order valence-electron chi connectivity index (χ2n) is 5.27. The molecule has 0 aliphatic heterocycles. The van der Waals surface area contributed by atoms with Gasteiger partial charge >= 0.3 is 0 Å². The van der Waals surface area contributed by atoms with Crippen LogP contribution in [0.4, 0.5) is 5.69 Å². The molecule has 3 nitrogen and oxygen atoms in total. The highest BCUT2D eigenvalue weighted by Gasteiger charge is 2.09. The van der Waals surface area contributed by atoms with Gasteiger partial charge in [0.1, 0.15) is 0 Å². The van der Waals surface area contributed by atoms with Gasteiger partial charge in [0.2, 0.25) is 5.91 Å². The van der Waals surface area contributed by atoms with Crippen LogP contribution >= 0.6 is 27.5 Å². The van der Waals surface area contributed by atoms with Crippen LogP contribution in [0.2, 0.25) is 5.02 Å². The quantitative estimate of drug-likeness (QED) is 0.641. The molecule has 1 amide bonds. The van der Waals surface area contributed by atoms with Crippen LogP contribution in [-0.2, 0) is 16.1 Å². The minimum Gasteiger partial charge on any atom is -0.377 e. The molecule has 0 bridgehead atoms. The van der Waals surface area contributed by atoms with E-state index >= 15 is 0 Å². The molecule has 0 fully saturated rings. The van der Waals surface area contributed by atoms with Crippen molar-refractivity contribution in [2.45, 2.75) is 26.4 Å². The summed E-state index contributed by atoms with van der Waals surface area (Å²) < 4.78 is 6.47. The zero-order valence-corrected chi connectivity index (χ0v) is 15.3. The van der Waals surface area contributed by atoms with Crippen molar-refractivity contribution in [3.63, 3.8) is 0 Å². The lowest BCUT2D eigenvalue weighted by molar-refractivity contribution is -0.116. The van der Waals surface area contributed by atoms with Crippen molar-refractivity contribution in [1.29, 1.82) is 0 Å². The van der Waals surface area contributed by atoms with Gasteiger partial charge in [0, 0.05) is 17.5 Å². The van der Waals surface area contributed by atoms with E-state index in [2.05, 4.69) is 21.2 Å². The zero-order valence-electron chi connectivity index (χ0n) is 12.9. The van der Waals surface area contributed by atoms with Gasteiger partial charge in [-0.1, -0.05) is 57.9 Å². The molecule has 0 aromatic heterocycles. The molecule has 5 heteroatoms. The molecule has 122 valence electrons. The SMILES string of the molecule is Cc1cc(Br)cc(Cl)c1NC(=O)CCCOCc1ccccc1. The van der Waals surface area contributed by atoms with E-state index < -0.39 is 0 Å². The van der Waals surface area contributed by atoms with E-state index in [-0.39, 0.29) is 5.91 Å². The number of benzene rings is 2. The lowest BCUT2D eigenvalue weighted by Gasteiger charge is -2.11. The Bertz CT molecular complexity index is 638. The summed E-state index contributed by atoms with van der Waals surface area (Å²) in [5.74, 6) is -0.0550. The van der Waals surface area contributed by atoms with E-state index in [0.29, 0.717) is 36.8 Å². The molecule has 2 aromatic rings. The summed E-state index contributed by atoms with van der Waals surface area (Å²) in [6.45, 7) is 3.03. The fraction of sp³-hybridized carbons (Fsp3) is 0.278. The Labute approximate surface area is 150 Å². The molecule has 2 aromatic carbocycles. The average molecular weight is 397 g/mol. The van der Waals surface area contributed by atoms with E-state index in [1.54, 1.807) is 6.07 Å². The molecule has 0 saturated carbocycles. The smallest absolute Gasteiger partial charge is 0.224 e. The van der Waals surface area contributed by atoms with Crippen LogP contribution in [0.5, 0.6) is 0 Å². The van der Waals surface area contributed by atoms with Gasteiger partial charge in [0.25, 0.3) is 0 Å². The standard InChI is InChI=1S/C18H19BrClNO2/c1-13-10-15(19)11-16(20)18(13)21-17(22)8-5-9-23-12-14-6-3-2-4-7-14/h2-4,6-7,10-11H,5,8-9,12H2,1H3,(H,21,22). The van der Waals surface area contributed by atoms with Gasteiger partial charge in [-0.2, -0.15) is 0 Å². The van der Waals surface area contributed by atoms with Gasteiger partial charge < -0.3 is 10.1 Å². The summed E-state index contributed by atoms with van der Waals surface area (Å²) in [5.41, 5.74) is 2.73. The highest BCUT2D eigenvalue weighted by Crippen LogP contribution is 2.29. The van der Waals surface area contributed by atoms with Crippen LogP contribution in [-0.4, -0.2) is 12.5 Å². The molecular weight excluding hydrogens is 378 g/mol. The Balaban J connectivity index is 1.71. The summed E-state index contributed by atoms with van der Waals surface area (Å²) in [6, 6.07) is 13.7. The van der Waals surface area contributed by atoms with Crippen molar-refractivity contribution in [2.75, 3.05) is 11.9 Å². The number of rotatable bonds is 7. The molecule has 0 aliphatic carbocycles. The maximum Gasteiger partial charge on any atom is 0.224 e. The largest absolute Gasteiger partial charge is 0.377 e. The molecule has 23 heavy (non-hydrogen) atoms. The van der Waals surface area contributed by atoms with Crippen LogP contribution in [0.3, 0.4) is 0 Å². The molecule has 0 saturated heterocycles. The second kappa shape index (κ2) is 9.06. The Morgan fingerprint density at radius 2 is 2.00 bits per heavy atom. The van der Waals surface area contributed by atoms with Crippen LogP contribution < -0.4 is 5.32 Å². The maximum atomic E-state index is 12.0. The molecule has 2 rings (SSSR count). The third-order valence-corrected chi connectivity index (χ3v) is 4.08. The van der Waals surface area contributed by atoms with E-state index in [4.69, 9.17) is 16.3 Å². The normalized spacial score (nSPS) is 10.6. The van der Waals surface area contributed by atoms with E-state index in [1.807, 2.05) is 43.3 Å². The van der Waals surface area contributed by atoms with Crippen LogP contribution in [0.25, 0.3) is 0 Å². The van der Waals surface area contributed by atoms with Crippen LogP contribution in [0.1, 0.15) is 24.0 Å². The number of hydrogen-bond acceptors (Lipinski definition) is 2. The van der Waals surface area contributed by atoms with Gasteiger partial charge in [-0.05, 0) is 36.6 Å². The topological polar surface area (TPSA) is 38.3 Å². The first kappa shape index (κ1) is 18.0. The Kier molecular flexibility index (Phi) is 7.09. The predicted octanol–water partition coefficient (Wildman–Crippen LogP) is 5.35. The summed E-state index contributed by atoms with van der Waals surface area (Å²) in [6.07, 6.45) is 1.08. The fourth-order valence-corrected chi connectivity index (χ4v) is 3.18. The van der Waals surface area contributed by atoms with Crippen molar-refractivity contribution in [1.82, 2.24) is 0 Å². The number of hydrogen-bond donors (Lipinski definition) is 1. The van der Waals surface area contributed by atoms with E-state index in [9.17, 15) is 4.79 Å². The Morgan fingerprint density at radius 3 is 2.70 bits per heavy atom. The number of carbonyl (C=O) groups excluding carboxylic acids is 1. The fourth-order valence-electron chi connectivity index (χ4n) is 2.16. The number of carbonyl (C=O) groups is 1.